The Labute approximate surface area is 111 Å². The number of hydrogen-bond acceptors (Lipinski definition) is 2. The molecule has 2 rings (SSSR count). The van der Waals surface area contributed by atoms with Crippen molar-refractivity contribution in [3.05, 3.63) is 0 Å². The number of hydrogen-bond donors (Lipinski definition) is 1. The van der Waals surface area contributed by atoms with Crippen molar-refractivity contribution in [2.75, 3.05) is 13.1 Å². The molecule has 2 fully saturated rings. The lowest BCUT2D eigenvalue weighted by Crippen LogP contribution is -2.40. The molecular weight excluding hydrogens is 224 g/mol. The van der Waals surface area contributed by atoms with Gasteiger partial charge in [-0.2, -0.15) is 0 Å². The third kappa shape index (κ3) is 3.98. The van der Waals surface area contributed by atoms with E-state index in [1.807, 2.05) is 0 Å². The first-order valence-corrected chi connectivity index (χ1v) is 7.83. The third-order valence-electron chi connectivity index (χ3n) is 4.43. The topological polar surface area (TPSA) is 32.3 Å². The second-order valence-electron chi connectivity index (χ2n) is 5.94. The Morgan fingerprint density at radius 1 is 1.22 bits per heavy atom. The quantitative estimate of drug-likeness (QED) is 0.816. The van der Waals surface area contributed by atoms with Crippen molar-refractivity contribution < 1.29 is 4.79 Å². The lowest BCUT2D eigenvalue weighted by atomic mass is 9.94. The fourth-order valence-corrected chi connectivity index (χ4v) is 3.32. The van der Waals surface area contributed by atoms with E-state index in [0.717, 1.165) is 31.8 Å². The highest BCUT2D eigenvalue weighted by molar-refractivity contribution is 5.76. The zero-order valence-electron chi connectivity index (χ0n) is 11.8. The fraction of sp³-hybridized carbons (Fsp3) is 0.933. The first-order valence-electron chi connectivity index (χ1n) is 7.83. The second kappa shape index (κ2) is 7.13. The van der Waals surface area contributed by atoms with Gasteiger partial charge >= 0.3 is 0 Å². The number of nitrogens with one attached hydrogen (secondary N) is 1. The minimum atomic E-state index is 0.257. The van der Waals surface area contributed by atoms with Crippen molar-refractivity contribution in [3.8, 4) is 0 Å². The molecule has 1 N–H and O–H groups in total. The lowest BCUT2D eigenvalue weighted by Gasteiger charge is -2.31. The molecule has 104 valence electrons. The van der Waals surface area contributed by atoms with Crippen molar-refractivity contribution in [3.63, 3.8) is 0 Å². The van der Waals surface area contributed by atoms with Gasteiger partial charge in [0.15, 0.2) is 0 Å². The molecule has 1 aliphatic heterocycles. The maximum absolute atomic E-state index is 11.7. The summed E-state index contributed by atoms with van der Waals surface area (Å²) in [6.45, 7) is 4.40. The summed E-state index contributed by atoms with van der Waals surface area (Å²) in [7, 11) is 0. The summed E-state index contributed by atoms with van der Waals surface area (Å²) >= 11 is 0. The Morgan fingerprint density at radius 2 is 2.00 bits per heavy atom. The average Bonchev–Trinajstić information content (AvgIpc) is 2.86. The van der Waals surface area contributed by atoms with Gasteiger partial charge in [0.05, 0.1) is 0 Å². The number of carbonyl (C=O) groups is 1. The molecule has 0 spiro atoms. The van der Waals surface area contributed by atoms with E-state index >= 15 is 0 Å². The van der Waals surface area contributed by atoms with Crippen LogP contribution in [0.3, 0.4) is 0 Å². The zero-order chi connectivity index (χ0) is 12.8. The van der Waals surface area contributed by atoms with E-state index in [4.69, 9.17) is 0 Å². The van der Waals surface area contributed by atoms with Gasteiger partial charge in [0.2, 0.25) is 5.91 Å². The van der Waals surface area contributed by atoms with Crippen LogP contribution in [0.2, 0.25) is 0 Å². The smallest absolute Gasteiger partial charge is 0.220 e. The molecule has 3 nitrogen and oxygen atoms in total. The molecule has 1 heterocycles. The summed E-state index contributed by atoms with van der Waals surface area (Å²) in [5.74, 6) is 0.257. The molecule has 18 heavy (non-hydrogen) atoms. The number of nitrogens with zero attached hydrogens (tertiary/aromatic N) is 1. The summed E-state index contributed by atoms with van der Waals surface area (Å²) < 4.78 is 0. The maximum atomic E-state index is 11.7. The Balaban J connectivity index is 1.69. The van der Waals surface area contributed by atoms with Crippen LogP contribution in [0.25, 0.3) is 0 Å². The van der Waals surface area contributed by atoms with Gasteiger partial charge in [0.1, 0.15) is 0 Å². The number of rotatable bonds is 5. The van der Waals surface area contributed by atoms with Crippen LogP contribution >= 0.6 is 0 Å². The molecule has 1 amide bonds. The fourth-order valence-electron chi connectivity index (χ4n) is 3.32. The van der Waals surface area contributed by atoms with Gasteiger partial charge in [-0.25, -0.2) is 0 Å². The number of amides is 1. The van der Waals surface area contributed by atoms with E-state index in [-0.39, 0.29) is 5.91 Å². The minimum absolute atomic E-state index is 0.257. The van der Waals surface area contributed by atoms with Crippen LogP contribution in [-0.2, 0) is 4.79 Å². The van der Waals surface area contributed by atoms with E-state index in [0.29, 0.717) is 12.5 Å². The number of likely N-dealkylation sites (tertiary alicyclic amines) is 1. The van der Waals surface area contributed by atoms with Crippen LogP contribution in [0.5, 0.6) is 0 Å². The Hall–Kier alpha value is -0.570. The predicted molar refractivity (Wildman–Crippen MR) is 74.5 cm³/mol. The van der Waals surface area contributed by atoms with E-state index in [1.54, 1.807) is 0 Å². The second-order valence-corrected chi connectivity index (χ2v) is 5.94. The van der Waals surface area contributed by atoms with E-state index in [9.17, 15) is 4.79 Å². The molecular formula is C15H28N2O. The van der Waals surface area contributed by atoms with Crippen molar-refractivity contribution in [1.29, 1.82) is 0 Å². The summed E-state index contributed by atoms with van der Waals surface area (Å²) in [6.07, 6.45) is 10.9. The van der Waals surface area contributed by atoms with Crippen molar-refractivity contribution in [2.45, 2.75) is 76.8 Å². The maximum Gasteiger partial charge on any atom is 0.220 e. The normalized spacial score (nSPS) is 26.4. The largest absolute Gasteiger partial charge is 0.352 e. The molecule has 0 radical (unpaired) electrons. The first kappa shape index (κ1) is 13.9. The predicted octanol–water partition coefficient (Wildman–Crippen LogP) is 2.70. The minimum Gasteiger partial charge on any atom is -0.352 e. The Morgan fingerprint density at radius 3 is 2.72 bits per heavy atom. The van der Waals surface area contributed by atoms with Gasteiger partial charge in [-0.05, 0) is 25.7 Å². The molecule has 1 saturated heterocycles. The average molecular weight is 252 g/mol. The third-order valence-corrected chi connectivity index (χ3v) is 4.43. The Bertz CT molecular complexity index is 261. The SMILES string of the molecule is CCCCC(=O)NC1CCN(C2CCCCC2)C1. The van der Waals surface area contributed by atoms with Gasteiger partial charge in [-0.15, -0.1) is 0 Å². The summed E-state index contributed by atoms with van der Waals surface area (Å²) in [5, 5.41) is 3.20. The summed E-state index contributed by atoms with van der Waals surface area (Å²) in [6, 6.07) is 1.22. The highest BCUT2D eigenvalue weighted by Gasteiger charge is 2.29. The van der Waals surface area contributed by atoms with Crippen LogP contribution in [0.4, 0.5) is 0 Å². The molecule has 0 aromatic rings. The van der Waals surface area contributed by atoms with Crippen LogP contribution in [0.1, 0.15) is 64.7 Å². The highest BCUT2D eigenvalue weighted by atomic mass is 16.1. The molecule has 2 aliphatic rings. The van der Waals surface area contributed by atoms with Gasteiger partial charge < -0.3 is 5.32 Å². The molecule has 1 unspecified atom stereocenters. The summed E-state index contributed by atoms with van der Waals surface area (Å²) in [4.78, 5) is 14.3. The molecule has 0 aromatic heterocycles. The zero-order valence-corrected chi connectivity index (χ0v) is 11.8. The Kier molecular flexibility index (Phi) is 5.48. The molecule has 0 aromatic carbocycles. The van der Waals surface area contributed by atoms with Crippen LogP contribution in [0.15, 0.2) is 0 Å². The molecule has 3 heteroatoms. The van der Waals surface area contributed by atoms with Crippen molar-refractivity contribution >= 4 is 5.91 Å². The number of carbonyl (C=O) groups excluding carboxylic acids is 1. The van der Waals surface area contributed by atoms with Crippen LogP contribution in [-0.4, -0.2) is 36.0 Å². The monoisotopic (exact) mass is 252 g/mol. The molecule has 0 bridgehead atoms. The molecule has 1 atom stereocenters. The lowest BCUT2D eigenvalue weighted by molar-refractivity contribution is -0.121. The standard InChI is InChI=1S/C15H28N2O/c1-2-3-9-15(18)16-13-10-11-17(12-13)14-7-5-4-6-8-14/h13-14H,2-12H2,1H3,(H,16,18). The summed E-state index contributed by atoms with van der Waals surface area (Å²) in [5.41, 5.74) is 0. The van der Waals surface area contributed by atoms with Crippen LogP contribution in [0, 0.1) is 0 Å². The van der Waals surface area contributed by atoms with E-state index in [1.165, 1.54) is 38.6 Å². The van der Waals surface area contributed by atoms with Gasteiger partial charge in [-0.1, -0.05) is 32.6 Å². The van der Waals surface area contributed by atoms with Gasteiger partial charge in [0.25, 0.3) is 0 Å². The van der Waals surface area contributed by atoms with Crippen molar-refractivity contribution in [2.24, 2.45) is 0 Å². The van der Waals surface area contributed by atoms with Crippen molar-refractivity contribution in [1.82, 2.24) is 10.2 Å². The van der Waals surface area contributed by atoms with E-state index < -0.39 is 0 Å². The first-order chi connectivity index (χ1) is 8.79. The molecule has 1 saturated carbocycles. The molecule has 1 aliphatic carbocycles. The van der Waals surface area contributed by atoms with Crippen LogP contribution < -0.4 is 5.32 Å². The van der Waals surface area contributed by atoms with Gasteiger partial charge in [0, 0.05) is 31.6 Å². The number of unbranched alkanes of at least 4 members (excludes halogenated alkanes) is 1. The van der Waals surface area contributed by atoms with Gasteiger partial charge in [-0.3, -0.25) is 9.69 Å². The van der Waals surface area contributed by atoms with E-state index in [2.05, 4.69) is 17.1 Å². The highest BCUT2D eigenvalue weighted by Crippen LogP contribution is 2.25.